The number of rotatable bonds is 2. The molecule has 1 amide bonds. The average Bonchev–Trinajstić information content (AvgIpc) is 3.00. The minimum atomic E-state index is -0.404. The van der Waals surface area contributed by atoms with E-state index in [4.69, 9.17) is 0 Å². The zero-order chi connectivity index (χ0) is 17.4. The third-order valence-electron chi connectivity index (χ3n) is 4.50. The number of H-pyrrole nitrogens is 2. The highest BCUT2D eigenvalue weighted by molar-refractivity contribution is 5.94. The molecule has 3 aromatic rings. The van der Waals surface area contributed by atoms with Crippen LogP contribution in [0.15, 0.2) is 47.3 Å². The molecule has 4 rings (SSSR count). The number of aromatic amines is 2. The molecule has 7 heteroatoms. The molecule has 0 saturated carbocycles. The number of anilines is 1. The maximum absolute atomic E-state index is 13.3. The maximum Gasteiger partial charge on any atom is 0.323 e. The summed E-state index contributed by atoms with van der Waals surface area (Å²) in [5.74, 6) is -0.553. The van der Waals surface area contributed by atoms with Crippen molar-refractivity contribution in [2.24, 2.45) is 0 Å². The van der Waals surface area contributed by atoms with Gasteiger partial charge in [0.1, 0.15) is 5.82 Å². The summed E-state index contributed by atoms with van der Waals surface area (Å²) in [6, 6.07) is 11.5. The Labute approximate surface area is 142 Å². The number of imidazole rings is 1. The lowest BCUT2D eigenvalue weighted by Crippen LogP contribution is -2.48. The van der Waals surface area contributed by atoms with Gasteiger partial charge in [-0.05, 0) is 36.4 Å². The van der Waals surface area contributed by atoms with E-state index in [1.165, 1.54) is 12.1 Å². The Hall–Kier alpha value is -3.09. The Morgan fingerprint density at radius 1 is 0.960 bits per heavy atom. The van der Waals surface area contributed by atoms with Crippen molar-refractivity contribution in [3.05, 3.63) is 64.3 Å². The summed E-state index contributed by atoms with van der Waals surface area (Å²) in [5.41, 5.74) is 2.69. The zero-order valence-corrected chi connectivity index (χ0v) is 13.5. The van der Waals surface area contributed by atoms with E-state index in [9.17, 15) is 14.0 Å². The highest BCUT2D eigenvalue weighted by Crippen LogP contribution is 2.21. The van der Waals surface area contributed by atoms with Crippen molar-refractivity contribution in [2.75, 3.05) is 31.1 Å². The smallest absolute Gasteiger partial charge is 0.323 e. The maximum atomic E-state index is 13.3. The van der Waals surface area contributed by atoms with Gasteiger partial charge in [-0.3, -0.25) is 4.79 Å². The molecule has 6 nitrogen and oxygen atoms in total. The first kappa shape index (κ1) is 15.4. The molecule has 2 heterocycles. The monoisotopic (exact) mass is 340 g/mol. The van der Waals surface area contributed by atoms with Crippen molar-refractivity contribution < 1.29 is 9.18 Å². The summed E-state index contributed by atoms with van der Waals surface area (Å²) in [6.45, 7) is 2.50. The van der Waals surface area contributed by atoms with Gasteiger partial charge in [0.25, 0.3) is 5.91 Å². The van der Waals surface area contributed by atoms with Crippen LogP contribution in [0.4, 0.5) is 10.1 Å². The average molecular weight is 340 g/mol. The number of aromatic nitrogens is 2. The van der Waals surface area contributed by atoms with E-state index in [2.05, 4.69) is 14.9 Å². The fraction of sp³-hybridized carbons (Fsp3) is 0.222. The molecule has 2 aromatic carbocycles. The van der Waals surface area contributed by atoms with Gasteiger partial charge in [0.2, 0.25) is 0 Å². The molecule has 0 atom stereocenters. The molecule has 0 unspecified atom stereocenters. The third-order valence-corrected chi connectivity index (χ3v) is 4.50. The Balaban J connectivity index is 1.46. The van der Waals surface area contributed by atoms with Crippen LogP contribution in [0.1, 0.15) is 10.4 Å². The summed E-state index contributed by atoms with van der Waals surface area (Å²) in [5, 5.41) is 0. The number of benzene rings is 2. The summed E-state index contributed by atoms with van der Waals surface area (Å²) in [6.07, 6.45) is 0. The molecule has 128 valence electrons. The fourth-order valence-corrected chi connectivity index (χ4v) is 3.19. The van der Waals surface area contributed by atoms with E-state index in [1.54, 1.807) is 17.0 Å². The predicted octanol–water partition coefficient (Wildman–Crippen LogP) is 1.96. The molecule has 0 spiro atoms. The molecular weight excluding hydrogens is 323 g/mol. The standard InChI is InChI=1S/C18H17FN4O2/c19-13-3-1-2-12(10-13)17(24)23-8-6-22(7-9-23)14-4-5-15-16(11-14)21-18(25)20-15/h1-5,10-11H,6-9H2,(H2,20,21,25). The number of fused-ring (bicyclic) bond motifs is 1. The first-order valence-electron chi connectivity index (χ1n) is 8.12. The van der Waals surface area contributed by atoms with Crippen LogP contribution in [0, 0.1) is 5.82 Å². The van der Waals surface area contributed by atoms with Crippen LogP contribution in [0.25, 0.3) is 11.0 Å². The zero-order valence-electron chi connectivity index (χ0n) is 13.5. The largest absolute Gasteiger partial charge is 0.368 e. The van der Waals surface area contributed by atoms with Crippen LogP contribution in [0.2, 0.25) is 0 Å². The van der Waals surface area contributed by atoms with E-state index in [0.717, 1.165) is 16.7 Å². The highest BCUT2D eigenvalue weighted by Gasteiger charge is 2.22. The summed E-state index contributed by atoms with van der Waals surface area (Å²) in [4.78, 5) is 33.2. The molecule has 25 heavy (non-hydrogen) atoms. The van der Waals surface area contributed by atoms with Crippen molar-refractivity contribution in [1.29, 1.82) is 0 Å². The minimum absolute atomic E-state index is 0.149. The third kappa shape index (κ3) is 3.00. The van der Waals surface area contributed by atoms with Crippen molar-refractivity contribution in [2.45, 2.75) is 0 Å². The van der Waals surface area contributed by atoms with E-state index >= 15 is 0 Å². The number of amides is 1. The number of carbonyl (C=O) groups is 1. The number of hydrogen-bond acceptors (Lipinski definition) is 3. The summed E-state index contributed by atoms with van der Waals surface area (Å²) in [7, 11) is 0. The van der Waals surface area contributed by atoms with Gasteiger partial charge >= 0.3 is 5.69 Å². The van der Waals surface area contributed by atoms with Gasteiger partial charge in [0.05, 0.1) is 11.0 Å². The number of nitrogens with zero attached hydrogens (tertiary/aromatic N) is 2. The van der Waals surface area contributed by atoms with E-state index in [1.807, 2.05) is 18.2 Å². The quantitative estimate of drug-likeness (QED) is 0.749. The molecule has 1 saturated heterocycles. The Bertz CT molecular complexity index is 986. The van der Waals surface area contributed by atoms with Crippen molar-refractivity contribution in [1.82, 2.24) is 14.9 Å². The van der Waals surface area contributed by atoms with Gasteiger partial charge in [-0.15, -0.1) is 0 Å². The van der Waals surface area contributed by atoms with E-state index < -0.39 is 5.82 Å². The lowest BCUT2D eigenvalue weighted by Gasteiger charge is -2.36. The second-order valence-corrected chi connectivity index (χ2v) is 6.10. The SMILES string of the molecule is O=C(c1cccc(F)c1)N1CCN(c2ccc3[nH]c(=O)[nH]c3c2)CC1. The van der Waals surface area contributed by atoms with Crippen LogP contribution in [-0.2, 0) is 0 Å². The lowest BCUT2D eigenvalue weighted by atomic mass is 10.1. The van der Waals surface area contributed by atoms with Crippen LogP contribution in [0.3, 0.4) is 0 Å². The van der Waals surface area contributed by atoms with Crippen LogP contribution < -0.4 is 10.6 Å². The van der Waals surface area contributed by atoms with Crippen molar-refractivity contribution in [3.8, 4) is 0 Å². The van der Waals surface area contributed by atoms with Gasteiger partial charge in [0, 0.05) is 37.4 Å². The van der Waals surface area contributed by atoms with Crippen molar-refractivity contribution >= 4 is 22.6 Å². The van der Waals surface area contributed by atoms with Gasteiger partial charge in [0.15, 0.2) is 0 Å². The molecule has 1 aliphatic heterocycles. The van der Waals surface area contributed by atoms with Gasteiger partial charge in [-0.1, -0.05) is 6.07 Å². The molecule has 2 N–H and O–H groups in total. The first-order valence-corrected chi connectivity index (χ1v) is 8.12. The molecule has 1 aromatic heterocycles. The molecule has 0 bridgehead atoms. The first-order chi connectivity index (χ1) is 12.1. The topological polar surface area (TPSA) is 72.2 Å². The van der Waals surface area contributed by atoms with Crippen molar-refractivity contribution in [3.63, 3.8) is 0 Å². The number of piperazine rings is 1. The Kier molecular flexibility index (Phi) is 3.76. The van der Waals surface area contributed by atoms with Gasteiger partial charge in [-0.2, -0.15) is 0 Å². The van der Waals surface area contributed by atoms with Crippen LogP contribution >= 0.6 is 0 Å². The molecular formula is C18H17FN4O2. The van der Waals surface area contributed by atoms with Gasteiger partial charge in [-0.25, -0.2) is 9.18 Å². The second kappa shape index (κ2) is 6.08. The fourth-order valence-electron chi connectivity index (χ4n) is 3.19. The minimum Gasteiger partial charge on any atom is -0.368 e. The molecule has 1 fully saturated rings. The summed E-state index contributed by atoms with van der Waals surface area (Å²) < 4.78 is 13.3. The Morgan fingerprint density at radius 2 is 1.72 bits per heavy atom. The summed E-state index contributed by atoms with van der Waals surface area (Å²) >= 11 is 0. The number of halogens is 1. The molecule has 0 radical (unpaired) electrons. The van der Waals surface area contributed by atoms with Gasteiger partial charge < -0.3 is 19.8 Å². The second-order valence-electron chi connectivity index (χ2n) is 6.10. The van der Waals surface area contributed by atoms with Crippen LogP contribution in [0.5, 0.6) is 0 Å². The Morgan fingerprint density at radius 3 is 2.48 bits per heavy atom. The predicted molar refractivity (Wildman–Crippen MR) is 93.4 cm³/mol. The van der Waals surface area contributed by atoms with E-state index in [-0.39, 0.29) is 11.6 Å². The van der Waals surface area contributed by atoms with Crippen LogP contribution in [-0.4, -0.2) is 47.0 Å². The molecule has 0 aliphatic carbocycles. The normalized spacial score (nSPS) is 14.9. The highest BCUT2D eigenvalue weighted by atomic mass is 19.1. The lowest BCUT2D eigenvalue weighted by molar-refractivity contribution is 0.0746. The number of hydrogen-bond donors (Lipinski definition) is 2. The number of nitrogens with one attached hydrogen (secondary N) is 2. The molecule has 1 aliphatic rings. The van der Waals surface area contributed by atoms with E-state index in [0.29, 0.717) is 31.7 Å². The number of carbonyl (C=O) groups excluding carboxylic acids is 1.